The molecule has 1 aliphatic rings. The van der Waals surface area contributed by atoms with E-state index < -0.39 is 11.7 Å². The minimum Gasteiger partial charge on any atom is -0.455 e. The van der Waals surface area contributed by atoms with Crippen LogP contribution in [0.2, 0.25) is 5.02 Å². The minimum atomic E-state index is -1.04. The Morgan fingerprint density at radius 2 is 1.90 bits per heavy atom. The molecule has 0 spiro atoms. The first-order chi connectivity index (χ1) is 14.9. The highest BCUT2D eigenvalue weighted by molar-refractivity contribution is 6.30. The summed E-state index contributed by atoms with van der Waals surface area (Å²) in [5, 5.41) is 9.70. The average molecular weight is 437 g/mol. The van der Waals surface area contributed by atoms with E-state index in [2.05, 4.69) is 10.4 Å². The lowest BCUT2D eigenvalue weighted by molar-refractivity contribution is -0.130. The lowest BCUT2D eigenvalue weighted by atomic mass is 10.0. The maximum absolute atomic E-state index is 12.4. The van der Waals surface area contributed by atoms with Crippen LogP contribution in [-0.4, -0.2) is 35.8 Å². The number of amides is 3. The van der Waals surface area contributed by atoms with Gasteiger partial charge in [-0.3, -0.25) is 9.69 Å². The first kappa shape index (κ1) is 20.7. The molecule has 1 fully saturated rings. The molecular weight excluding hydrogens is 416 g/mol. The molecule has 1 N–H and O–H groups in total. The first-order valence-electron chi connectivity index (χ1n) is 9.69. The molecule has 3 amide bonds. The molecule has 8 heteroatoms. The zero-order valence-corrected chi connectivity index (χ0v) is 17.8. The molecule has 1 unspecified atom stereocenters. The molecule has 158 valence electrons. The van der Waals surface area contributed by atoms with Crippen molar-refractivity contribution in [2.45, 2.75) is 19.0 Å². The molecule has 3 aromatic rings. The number of imide groups is 1. The highest BCUT2D eigenvalue weighted by Gasteiger charge is 2.43. The van der Waals surface area contributed by atoms with E-state index in [1.54, 1.807) is 30.3 Å². The predicted molar refractivity (Wildman–Crippen MR) is 120 cm³/mol. The minimum absolute atomic E-state index is 0.0629. The molecule has 2 aromatic carbocycles. The third-order valence-corrected chi connectivity index (χ3v) is 5.29. The number of nitrogens with zero attached hydrogens (tertiary/aromatic N) is 3. The molecule has 0 radical (unpaired) electrons. The Balaban J connectivity index is 1.65. The highest BCUT2D eigenvalue weighted by atomic mass is 35.5. The average Bonchev–Trinajstić information content (AvgIpc) is 3.22. The monoisotopic (exact) mass is 436 g/mol. The number of urea groups is 1. The number of anilines is 1. The predicted octanol–water partition coefficient (Wildman–Crippen LogP) is 4.73. The Kier molecular flexibility index (Phi) is 5.52. The molecule has 1 saturated heterocycles. The van der Waals surface area contributed by atoms with Crippen LogP contribution in [0.4, 0.5) is 10.5 Å². The SMILES string of the molecule is CN1C(=O)CC(C)(N(/N=C/c2ccc(-c3cccc(Cl)c3)o2)c2ccccc2)NC1=O. The van der Waals surface area contributed by atoms with E-state index in [9.17, 15) is 9.59 Å². The maximum Gasteiger partial charge on any atom is 0.325 e. The van der Waals surface area contributed by atoms with Crippen molar-refractivity contribution in [3.8, 4) is 11.3 Å². The molecule has 1 atom stereocenters. The highest BCUT2D eigenvalue weighted by Crippen LogP contribution is 2.29. The summed E-state index contributed by atoms with van der Waals surface area (Å²) in [6.45, 7) is 1.76. The van der Waals surface area contributed by atoms with Gasteiger partial charge in [-0.2, -0.15) is 5.10 Å². The van der Waals surface area contributed by atoms with Crippen LogP contribution in [0, 0.1) is 0 Å². The van der Waals surface area contributed by atoms with Crippen LogP contribution < -0.4 is 10.3 Å². The molecule has 1 aromatic heterocycles. The van der Waals surface area contributed by atoms with Gasteiger partial charge >= 0.3 is 6.03 Å². The first-order valence-corrected chi connectivity index (χ1v) is 10.1. The number of hydrazone groups is 1. The van der Waals surface area contributed by atoms with Crippen LogP contribution in [-0.2, 0) is 4.79 Å². The van der Waals surface area contributed by atoms with Crippen molar-refractivity contribution in [2.75, 3.05) is 12.1 Å². The molecule has 4 rings (SSSR count). The second kappa shape index (κ2) is 8.28. The number of hydrogen-bond donors (Lipinski definition) is 1. The van der Waals surface area contributed by atoms with Gasteiger partial charge in [-0.1, -0.05) is 41.9 Å². The van der Waals surface area contributed by atoms with Gasteiger partial charge in [-0.25, -0.2) is 9.80 Å². The van der Waals surface area contributed by atoms with Gasteiger partial charge in [0.2, 0.25) is 5.91 Å². The number of carbonyl (C=O) groups excluding carboxylic acids is 2. The molecule has 0 saturated carbocycles. The van der Waals surface area contributed by atoms with Gasteiger partial charge in [0.1, 0.15) is 17.2 Å². The van der Waals surface area contributed by atoms with Gasteiger partial charge in [0.25, 0.3) is 0 Å². The van der Waals surface area contributed by atoms with Gasteiger partial charge in [0.15, 0.2) is 0 Å². The Labute approximate surface area is 184 Å². The number of nitrogens with one attached hydrogen (secondary N) is 1. The number of carbonyl (C=O) groups is 2. The van der Waals surface area contributed by atoms with E-state index in [4.69, 9.17) is 16.0 Å². The zero-order chi connectivity index (χ0) is 22.0. The lowest BCUT2D eigenvalue weighted by Gasteiger charge is -2.43. The second-order valence-electron chi connectivity index (χ2n) is 7.44. The van der Waals surface area contributed by atoms with Crippen LogP contribution in [0.25, 0.3) is 11.3 Å². The van der Waals surface area contributed by atoms with Crippen molar-refractivity contribution < 1.29 is 14.0 Å². The number of hydrogen-bond acceptors (Lipinski definition) is 5. The van der Waals surface area contributed by atoms with Crippen LogP contribution in [0.15, 0.2) is 76.2 Å². The van der Waals surface area contributed by atoms with Gasteiger partial charge in [0, 0.05) is 17.6 Å². The van der Waals surface area contributed by atoms with E-state index in [1.807, 2.05) is 54.6 Å². The zero-order valence-electron chi connectivity index (χ0n) is 17.1. The Hall–Kier alpha value is -3.58. The number of rotatable bonds is 5. The fourth-order valence-corrected chi connectivity index (χ4v) is 3.58. The van der Waals surface area contributed by atoms with E-state index in [1.165, 1.54) is 7.05 Å². The van der Waals surface area contributed by atoms with Crippen molar-refractivity contribution in [1.82, 2.24) is 10.2 Å². The van der Waals surface area contributed by atoms with E-state index >= 15 is 0 Å². The fourth-order valence-electron chi connectivity index (χ4n) is 3.39. The Bertz CT molecular complexity index is 1120. The topological polar surface area (TPSA) is 78.2 Å². The van der Waals surface area contributed by atoms with E-state index in [0.29, 0.717) is 16.5 Å². The molecule has 31 heavy (non-hydrogen) atoms. The summed E-state index contributed by atoms with van der Waals surface area (Å²) in [5.74, 6) is 0.887. The molecule has 7 nitrogen and oxygen atoms in total. The van der Waals surface area contributed by atoms with Crippen molar-refractivity contribution >= 4 is 35.4 Å². The summed E-state index contributed by atoms with van der Waals surface area (Å²) in [5.41, 5.74) is 0.536. The summed E-state index contributed by atoms with van der Waals surface area (Å²) in [6.07, 6.45) is 1.62. The molecule has 0 aliphatic carbocycles. The standard InChI is InChI=1S/C23H21ClN4O3/c1-23(14-21(29)27(2)22(30)26-23)28(18-9-4-3-5-10-18)25-15-19-11-12-20(31-19)16-7-6-8-17(24)13-16/h3-13,15H,14H2,1-2H3,(H,26,30)/b25-15+. The number of benzene rings is 2. The second-order valence-corrected chi connectivity index (χ2v) is 7.87. The molecule has 1 aliphatic heterocycles. The third-order valence-electron chi connectivity index (χ3n) is 5.06. The number of furan rings is 1. The van der Waals surface area contributed by atoms with E-state index in [-0.39, 0.29) is 12.3 Å². The van der Waals surface area contributed by atoms with Crippen molar-refractivity contribution in [3.05, 3.63) is 77.5 Å². The summed E-state index contributed by atoms with van der Waals surface area (Å²) in [4.78, 5) is 25.7. The maximum atomic E-state index is 12.4. The summed E-state index contributed by atoms with van der Waals surface area (Å²) >= 11 is 6.07. The number of halogens is 1. The lowest BCUT2D eigenvalue weighted by Crippen LogP contribution is -2.66. The normalized spacial score (nSPS) is 19.0. The summed E-state index contributed by atoms with van der Waals surface area (Å²) in [7, 11) is 1.45. The quantitative estimate of drug-likeness (QED) is 0.463. The van der Waals surface area contributed by atoms with Crippen molar-refractivity contribution in [2.24, 2.45) is 5.10 Å². The van der Waals surface area contributed by atoms with Crippen LogP contribution in [0.5, 0.6) is 0 Å². The van der Waals surface area contributed by atoms with Crippen molar-refractivity contribution in [1.29, 1.82) is 0 Å². The van der Waals surface area contributed by atoms with Gasteiger partial charge in [-0.05, 0) is 43.3 Å². The van der Waals surface area contributed by atoms with Gasteiger partial charge < -0.3 is 9.73 Å². The number of para-hydroxylation sites is 1. The molecule has 2 heterocycles. The molecular formula is C23H21ClN4O3. The molecule has 0 bridgehead atoms. The Morgan fingerprint density at radius 1 is 1.13 bits per heavy atom. The van der Waals surface area contributed by atoms with Crippen LogP contribution in [0.1, 0.15) is 19.1 Å². The van der Waals surface area contributed by atoms with Gasteiger partial charge in [0.05, 0.1) is 18.3 Å². The summed E-state index contributed by atoms with van der Waals surface area (Å²) < 4.78 is 5.89. The van der Waals surface area contributed by atoms with Crippen LogP contribution >= 0.6 is 11.6 Å². The summed E-state index contributed by atoms with van der Waals surface area (Å²) in [6, 6.07) is 19.9. The smallest absolute Gasteiger partial charge is 0.325 e. The van der Waals surface area contributed by atoms with Crippen molar-refractivity contribution in [3.63, 3.8) is 0 Å². The van der Waals surface area contributed by atoms with Gasteiger partial charge in [-0.15, -0.1) is 0 Å². The van der Waals surface area contributed by atoms with Crippen LogP contribution in [0.3, 0.4) is 0 Å². The van der Waals surface area contributed by atoms with E-state index in [0.717, 1.165) is 16.2 Å². The third kappa shape index (κ3) is 4.32. The fraction of sp³-hybridized carbons (Fsp3) is 0.174. The largest absolute Gasteiger partial charge is 0.455 e. The Morgan fingerprint density at radius 3 is 2.61 bits per heavy atom.